The lowest BCUT2D eigenvalue weighted by Gasteiger charge is -2.40. The SMILES string of the molecule is CC1CN(C(=O)Nc2ccc(F)cc2C(F)(F)F)CCN1c1nnc(-c2ccccc2)c2ccccc12. The number of carbonyl (C=O) groups is 1. The number of rotatable bonds is 3. The molecule has 1 saturated heterocycles. The van der Waals surface area contributed by atoms with Crippen LogP contribution in [0.5, 0.6) is 0 Å². The quantitative estimate of drug-likeness (QED) is 0.334. The van der Waals surface area contributed by atoms with Gasteiger partial charge in [-0.3, -0.25) is 0 Å². The molecule has 1 aromatic heterocycles. The standard InChI is InChI=1S/C27H23F4N5O/c1-17-16-35(26(37)32-23-12-11-19(28)15-22(23)27(29,30)31)13-14-36(17)25-21-10-6-5-9-20(21)24(33-34-25)18-7-3-2-4-8-18/h2-12,15,17H,13-14,16H2,1H3,(H,32,37). The molecule has 1 atom stereocenters. The molecule has 37 heavy (non-hydrogen) atoms. The van der Waals surface area contributed by atoms with Gasteiger partial charge in [-0.25, -0.2) is 9.18 Å². The summed E-state index contributed by atoms with van der Waals surface area (Å²) in [5, 5.41) is 13.2. The van der Waals surface area contributed by atoms with Crippen molar-refractivity contribution in [3.05, 3.63) is 84.2 Å². The van der Waals surface area contributed by atoms with E-state index < -0.39 is 29.3 Å². The molecule has 0 aliphatic carbocycles. The first-order valence-corrected chi connectivity index (χ1v) is 11.7. The van der Waals surface area contributed by atoms with Crippen molar-refractivity contribution in [3.63, 3.8) is 0 Å². The second-order valence-corrected chi connectivity index (χ2v) is 8.89. The third-order valence-corrected chi connectivity index (χ3v) is 6.43. The normalized spacial score (nSPS) is 16.2. The maximum atomic E-state index is 13.4. The number of halogens is 4. The molecule has 0 saturated carbocycles. The van der Waals surface area contributed by atoms with Crippen LogP contribution in [0.1, 0.15) is 12.5 Å². The van der Waals surface area contributed by atoms with Gasteiger partial charge in [0.05, 0.1) is 11.3 Å². The first-order chi connectivity index (χ1) is 17.7. The number of hydrogen-bond donors (Lipinski definition) is 1. The summed E-state index contributed by atoms with van der Waals surface area (Å²) in [5.41, 5.74) is 0.00632. The Hall–Kier alpha value is -4.21. The van der Waals surface area contributed by atoms with Crippen LogP contribution in [0.2, 0.25) is 0 Å². The van der Waals surface area contributed by atoms with Gasteiger partial charge in [-0.2, -0.15) is 13.2 Å². The summed E-state index contributed by atoms with van der Waals surface area (Å²) in [6, 6.07) is 18.9. The summed E-state index contributed by atoms with van der Waals surface area (Å²) in [7, 11) is 0. The highest BCUT2D eigenvalue weighted by molar-refractivity contribution is 6.00. The first-order valence-electron chi connectivity index (χ1n) is 11.7. The molecule has 3 aromatic carbocycles. The summed E-state index contributed by atoms with van der Waals surface area (Å²) < 4.78 is 53.4. The average Bonchev–Trinajstić information content (AvgIpc) is 2.89. The Bertz CT molecular complexity index is 1440. The van der Waals surface area contributed by atoms with Crippen molar-refractivity contribution in [2.24, 2.45) is 0 Å². The van der Waals surface area contributed by atoms with Crippen molar-refractivity contribution in [3.8, 4) is 11.3 Å². The van der Waals surface area contributed by atoms with Crippen molar-refractivity contribution in [1.82, 2.24) is 15.1 Å². The smallest absolute Gasteiger partial charge is 0.348 e. The molecule has 1 N–H and O–H groups in total. The predicted molar refractivity (Wildman–Crippen MR) is 134 cm³/mol. The summed E-state index contributed by atoms with van der Waals surface area (Å²) in [5.74, 6) is -0.347. The van der Waals surface area contributed by atoms with Crippen LogP contribution in [0.25, 0.3) is 22.0 Å². The maximum Gasteiger partial charge on any atom is 0.418 e. The molecule has 1 unspecified atom stereocenters. The van der Waals surface area contributed by atoms with Crippen molar-refractivity contribution >= 4 is 28.3 Å². The first kappa shape index (κ1) is 24.5. The van der Waals surface area contributed by atoms with E-state index in [0.29, 0.717) is 18.4 Å². The van der Waals surface area contributed by atoms with E-state index in [1.807, 2.05) is 66.4 Å². The van der Waals surface area contributed by atoms with E-state index in [-0.39, 0.29) is 19.1 Å². The number of amides is 2. The molecule has 0 spiro atoms. The van der Waals surface area contributed by atoms with Gasteiger partial charge < -0.3 is 15.1 Å². The molecule has 10 heteroatoms. The minimum absolute atomic E-state index is 0.185. The van der Waals surface area contributed by atoms with Crippen molar-refractivity contribution < 1.29 is 22.4 Å². The predicted octanol–water partition coefficient (Wildman–Crippen LogP) is 6.20. The third kappa shape index (κ3) is 4.91. The zero-order chi connectivity index (χ0) is 26.2. The van der Waals surface area contributed by atoms with Gasteiger partial charge in [-0.15, -0.1) is 10.2 Å². The van der Waals surface area contributed by atoms with Gasteiger partial charge in [0.1, 0.15) is 11.5 Å². The lowest BCUT2D eigenvalue weighted by molar-refractivity contribution is -0.137. The highest BCUT2D eigenvalue weighted by atomic mass is 19.4. The highest BCUT2D eigenvalue weighted by Crippen LogP contribution is 2.36. The van der Waals surface area contributed by atoms with Gasteiger partial charge in [-0.05, 0) is 25.1 Å². The summed E-state index contributed by atoms with van der Waals surface area (Å²) in [6.07, 6.45) is -4.80. The largest absolute Gasteiger partial charge is 0.418 e. The minimum atomic E-state index is -4.80. The number of carbonyl (C=O) groups excluding carboxylic acids is 1. The van der Waals surface area contributed by atoms with Crippen LogP contribution in [0.15, 0.2) is 72.8 Å². The van der Waals surface area contributed by atoms with E-state index in [9.17, 15) is 22.4 Å². The summed E-state index contributed by atoms with van der Waals surface area (Å²) >= 11 is 0. The van der Waals surface area contributed by atoms with Crippen LogP contribution in [0, 0.1) is 5.82 Å². The Morgan fingerprint density at radius 3 is 2.35 bits per heavy atom. The number of hydrogen-bond acceptors (Lipinski definition) is 4. The number of anilines is 2. The molecule has 190 valence electrons. The fraction of sp³-hybridized carbons (Fsp3) is 0.222. The zero-order valence-electron chi connectivity index (χ0n) is 19.8. The van der Waals surface area contributed by atoms with Crippen LogP contribution >= 0.6 is 0 Å². The van der Waals surface area contributed by atoms with E-state index in [2.05, 4.69) is 15.5 Å². The topological polar surface area (TPSA) is 61.4 Å². The molecule has 1 aliphatic heterocycles. The van der Waals surface area contributed by atoms with E-state index in [1.54, 1.807) is 0 Å². The van der Waals surface area contributed by atoms with E-state index in [0.717, 1.165) is 34.2 Å². The van der Waals surface area contributed by atoms with Crippen LogP contribution in [0.3, 0.4) is 0 Å². The van der Waals surface area contributed by atoms with E-state index in [4.69, 9.17) is 0 Å². The monoisotopic (exact) mass is 509 g/mol. The fourth-order valence-corrected chi connectivity index (χ4v) is 4.62. The van der Waals surface area contributed by atoms with E-state index >= 15 is 0 Å². The Morgan fingerprint density at radius 2 is 1.65 bits per heavy atom. The number of benzene rings is 3. The van der Waals surface area contributed by atoms with Gasteiger partial charge in [0, 0.05) is 42.0 Å². The molecule has 0 radical (unpaired) electrons. The lowest BCUT2D eigenvalue weighted by Crippen LogP contribution is -2.55. The Labute approximate surface area is 210 Å². The van der Waals surface area contributed by atoms with Gasteiger partial charge in [0.15, 0.2) is 5.82 Å². The van der Waals surface area contributed by atoms with Crippen LogP contribution in [0.4, 0.5) is 33.9 Å². The van der Waals surface area contributed by atoms with Crippen molar-refractivity contribution in [1.29, 1.82) is 0 Å². The fourth-order valence-electron chi connectivity index (χ4n) is 4.62. The number of urea groups is 1. The van der Waals surface area contributed by atoms with Crippen LogP contribution in [-0.4, -0.2) is 46.8 Å². The number of nitrogens with zero attached hydrogens (tertiary/aromatic N) is 4. The van der Waals surface area contributed by atoms with Gasteiger partial charge in [0.2, 0.25) is 0 Å². The van der Waals surface area contributed by atoms with Gasteiger partial charge in [0.25, 0.3) is 0 Å². The Morgan fingerprint density at radius 1 is 0.946 bits per heavy atom. The molecule has 2 amide bonds. The number of piperazine rings is 1. The maximum absolute atomic E-state index is 13.4. The second-order valence-electron chi connectivity index (χ2n) is 8.89. The number of alkyl halides is 3. The molecule has 6 nitrogen and oxygen atoms in total. The molecule has 1 aliphatic rings. The third-order valence-electron chi connectivity index (χ3n) is 6.43. The number of nitrogens with one attached hydrogen (secondary N) is 1. The van der Waals surface area contributed by atoms with Crippen LogP contribution < -0.4 is 10.2 Å². The minimum Gasteiger partial charge on any atom is -0.348 e. The Balaban J connectivity index is 1.36. The van der Waals surface area contributed by atoms with Gasteiger partial charge in [-0.1, -0.05) is 54.6 Å². The molecule has 0 bridgehead atoms. The average molecular weight is 510 g/mol. The molecule has 2 heterocycles. The number of aromatic nitrogens is 2. The Kier molecular flexibility index (Phi) is 6.41. The lowest BCUT2D eigenvalue weighted by atomic mass is 10.0. The second kappa shape index (κ2) is 9.68. The van der Waals surface area contributed by atoms with Crippen LogP contribution in [-0.2, 0) is 6.18 Å². The zero-order valence-corrected chi connectivity index (χ0v) is 19.8. The van der Waals surface area contributed by atoms with Crippen molar-refractivity contribution in [2.45, 2.75) is 19.1 Å². The number of fused-ring (bicyclic) bond motifs is 1. The molecule has 5 rings (SSSR count). The molecule has 1 fully saturated rings. The van der Waals surface area contributed by atoms with Crippen molar-refractivity contribution in [2.75, 3.05) is 29.9 Å². The summed E-state index contributed by atoms with van der Waals surface area (Å²) in [4.78, 5) is 16.3. The van der Waals surface area contributed by atoms with Gasteiger partial charge >= 0.3 is 12.2 Å². The van der Waals surface area contributed by atoms with E-state index in [1.165, 1.54) is 4.90 Å². The highest BCUT2D eigenvalue weighted by Gasteiger charge is 2.35. The summed E-state index contributed by atoms with van der Waals surface area (Å²) in [6.45, 7) is 2.84. The molecule has 4 aromatic rings. The molecular weight excluding hydrogens is 486 g/mol. The molecular formula is C27H23F4N5O.